The normalized spacial score (nSPS) is 11.4. The Labute approximate surface area is 121 Å². The van der Waals surface area contributed by atoms with Crippen molar-refractivity contribution < 1.29 is 0 Å². The minimum absolute atomic E-state index is 0.897. The van der Waals surface area contributed by atoms with Gasteiger partial charge in [-0.15, -0.1) is 0 Å². The summed E-state index contributed by atoms with van der Waals surface area (Å²) in [4.78, 5) is 4.60. The fourth-order valence-electron chi connectivity index (χ4n) is 1.65. The van der Waals surface area contributed by atoms with Crippen LogP contribution in [0, 0.1) is 10.5 Å². The fourth-order valence-corrected chi connectivity index (χ4v) is 2.18. The molecular weight excluding hydrogens is 335 g/mol. The smallest absolute Gasteiger partial charge is 0.103 e. The highest BCUT2D eigenvalue weighted by Gasteiger charge is 2.00. The molecule has 0 aliphatic heterocycles. The van der Waals surface area contributed by atoms with Crippen molar-refractivity contribution in [3.8, 4) is 0 Å². The van der Waals surface area contributed by atoms with Gasteiger partial charge in [0.25, 0.3) is 0 Å². The van der Waals surface area contributed by atoms with E-state index in [1.165, 1.54) is 9.13 Å². The van der Waals surface area contributed by atoms with Crippen LogP contribution in [0.25, 0.3) is 0 Å². The average Bonchev–Trinajstić information content (AvgIpc) is 2.35. The third-order valence-corrected chi connectivity index (χ3v) is 3.53. The Morgan fingerprint density at radius 1 is 1.06 bits per heavy atom. The SMILES string of the molecule is C/C(=N\c1ccccc1C)Nc1ccccc1I. The van der Waals surface area contributed by atoms with Gasteiger partial charge in [0, 0.05) is 3.57 Å². The number of nitrogens with one attached hydrogen (secondary N) is 1. The van der Waals surface area contributed by atoms with E-state index < -0.39 is 0 Å². The lowest BCUT2D eigenvalue weighted by Crippen LogP contribution is -2.07. The average molecular weight is 350 g/mol. The van der Waals surface area contributed by atoms with Crippen molar-refractivity contribution in [3.05, 3.63) is 57.7 Å². The number of aliphatic imine (C=N–C) groups is 1. The maximum atomic E-state index is 4.60. The van der Waals surface area contributed by atoms with E-state index in [4.69, 9.17) is 0 Å². The number of amidine groups is 1. The zero-order valence-corrected chi connectivity index (χ0v) is 12.6. The van der Waals surface area contributed by atoms with Crippen LogP contribution in [0.1, 0.15) is 12.5 Å². The molecule has 0 atom stereocenters. The summed E-state index contributed by atoms with van der Waals surface area (Å²) < 4.78 is 1.19. The van der Waals surface area contributed by atoms with Gasteiger partial charge in [0.05, 0.1) is 11.4 Å². The van der Waals surface area contributed by atoms with Gasteiger partial charge in [-0.3, -0.25) is 0 Å². The molecule has 92 valence electrons. The first-order valence-electron chi connectivity index (χ1n) is 5.79. The number of hydrogen-bond donors (Lipinski definition) is 1. The Morgan fingerprint density at radius 2 is 1.72 bits per heavy atom. The zero-order valence-electron chi connectivity index (χ0n) is 10.4. The summed E-state index contributed by atoms with van der Waals surface area (Å²) in [6, 6.07) is 16.3. The molecule has 2 rings (SSSR count). The molecule has 0 aromatic heterocycles. The molecule has 3 heteroatoms. The van der Waals surface area contributed by atoms with Gasteiger partial charge in [0.15, 0.2) is 0 Å². The van der Waals surface area contributed by atoms with Crippen molar-refractivity contribution in [2.45, 2.75) is 13.8 Å². The molecule has 0 fully saturated rings. The zero-order chi connectivity index (χ0) is 13.0. The Kier molecular flexibility index (Phi) is 4.36. The van der Waals surface area contributed by atoms with E-state index in [1.54, 1.807) is 0 Å². The van der Waals surface area contributed by atoms with E-state index in [2.05, 4.69) is 58.0 Å². The third-order valence-electron chi connectivity index (χ3n) is 2.59. The Morgan fingerprint density at radius 3 is 2.44 bits per heavy atom. The predicted octanol–water partition coefficient (Wildman–Crippen LogP) is 4.76. The first-order valence-corrected chi connectivity index (χ1v) is 6.87. The van der Waals surface area contributed by atoms with E-state index in [-0.39, 0.29) is 0 Å². The van der Waals surface area contributed by atoms with E-state index >= 15 is 0 Å². The largest absolute Gasteiger partial charge is 0.343 e. The second-order valence-corrected chi connectivity index (χ2v) is 5.25. The highest BCUT2D eigenvalue weighted by atomic mass is 127. The van der Waals surface area contributed by atoms with E-state index in [1.807, 2.05) is 37.3 Å². The van der Waals surface area contributed by atoms with Crippen molar-refractivity contribution in [1.82, 2.24) is 0 Å². The minimum atomic E-state index is 0.897. The van der Waals surface area contributed by atoms with Crippen molar-refractivity contribution in [3.63, 3.8) is 0 Å². The lowest BCUT2D eigenvalue weighted by molar-refractivity contribution is 1.38. The molecule has 0 saturated heterocycles. The van der Waals surface area contributed by atoms with Gasteiger partial charge in [-0.1, -0.05) is 30.3 Å². The van der Waals surface area contributed by atoms with E-state index in [0.717, 1.165) is 17.2 Å². The van der Waals surface area contributed by atoms with Crippen LogP contribution >= 0.6 is 22.6 Å². The predicted molar refractivity (Wildman–Crippen MR) is 86.7 cm³/mol. The number of rotatable bonds is 2. The highest BCUT2D eigenvalue weighted by molar-refractivity contribution is 14.1. The maximum Gasteiger partial charge on any atom is 0.103 e. The van der Waals surface area contributed by atoms with Crippen LogP contribution in [0.3, 0.4) is 0 Å². The Balaban J connectivity index is 2.20. The van der Waals surface area contributed by atoms with Crippen LogP contribution < -0.4 is 5.32 Å². The quantitative estimate of drug-likeness (QED) is 0.471. The van der Waals surface area contributed by atoms with Crippen LogP contribution in [0.5, 0.6) is 0 Å². The molecule has 1 N–H and O–H groups in total. The molecule has 2 nitrogen and oxygen atoms in total. The summed E-state index contributed by atoms with van der Waals surface area (Å²) in [6.07, 6.45) is 0. The van der Waals surface area contributed by atoms with E-state index in [9.17, 15) is 0 Å². The van der Waals surface area contributed by atoms with Crippen molar-refractivity contribution in [2.75, 3.05) is 5.32 Å². The van der Waals surface area contributed by atoms with Crippen LogP contribution in [0.4, 0.5) is 11.4 Å². The molecule has 0 bridgehead atoms. The summed E-state index contributed by atoms with van der Waals surface area (Å²) in [7, 11) is 0. The van der Waals surface area contributed by atoms with Crippen molar-refractivity contribution >= 4 is 39.8 Å². The number of anilines is 1. The molecule has 0 radical (unpaired) electrons. The molecule has 0 amide bonds. The number of para-hydroxylation sites is 2. The Bertz CT molecular complexity index is 576. The summed E-state index contributed by atoms with van der Waals surface area (Å²) in [5.41, 5.74) is 3.28. The molecule has 0 heterocycles. The monoisotopic (exact) mass is 350 g/mol. The summed E-state index contributed by atoms with van der Waals surface area (Å²) in [5, 5.41) is 3.33. The maximum absolute atomic E-state index is 4.60. The highest BCUT2D eigenvalue weighted by Crippen LogP contribution is 2.20. The second kappa shape index (κ2) is 6.00. The molecule has 0 saturated carbocycles. The van der Waals surface area contributed by atoms with Gasteiger partial charge >= 0.3 is 0 Å². The summed E-state index contributed by atoms with van der Waals surface area (Å²) in [5.74, 6) is 0.897. The number of halogens is 1. The molecule has 2 aromatic carbocycles. The first-order chi connectivity index (χ1) is 8.66. The fraction of sp³-hybridized carbons (Fsp3) is 0.133. The van der Waals surface area contributed by atoms with Gasteiger partial charge in [-0.2, -0.15) is 0 Å². The van der Waals surface area contributed by atoms with Gasteiger partial charge < -0.3 is 5.32 Å². The number of hydrogen-bond acceptors (Lipinski definition) is 1. The lowest BCUT2D eigenvalue weighted by Gasteiger charge is -2.08. The number of nitrogens with zero attached hydrogens (tertiary/aromatic N) is 1. The Hall–Kier alpha value is -1.36. The standard InChI is InChI=1S/C15H15IN2/c1-11-7-3-5-9-14(11)17-12(2)18-15-10-6-4-8-13(15)16/h3-10H,1-2H3,(H,17,18). The molecule has 0 spiro atoms. The van der Waals surface area contributed by atoms with Crippen LogP contribution in [0.2, 0.25) is 0 Å². The third kappa shape index (κ3) is 3.32. The van der Waals surface area contributed by atoms with Crippen LogP contribution in [0.15, 0.2) is 53.5 Å². The van der Waals surface area contributed by atoms with Crippen molar-refractivity contribution in [1.29, 1.82) is 0 Å². The number of aryl methyl sites for hydroxylation is 1. The molecule has 0 aliphatic carbocycles. The molecule has 2 aromatic rings. The van der Waals surface area contributed by atoms with Gasteiger partial charge in [-0.05, 0) is 60.2 Å². The van der Waals surface area contributed by atoms with Crippen LogP contribution in [-0.4, -0.2) is 5.84 Å². The molecule has 0 unspecified atom stereocenters. The van der Waals surface area contributed by atoms with Crippen molar-refractivity contribution in [2.24, 2.45) is 4.99 Å². The van der Waals surface area contributed by atoms with Gasteiger partial charge in [0.1, 0.15) is 5.84 Å². The van der Waals surface area contributed by atoms with Gasteiger partial charge in [-0.25, -0.2) is 4.99 Å². The van der Waals surface area contributed by atoms with Crippen LogP contribution in [-0.2, 0) is 0 Å². The summed E-state index contributed by atoms with van der Waals surface area (Å²) in [6.45, 7) is 4.05. The van der Waals surface area contributed by atoms with E-state index in [0.29, 0.717) is 0 Å². The van der Waals surface area contributed by atoms with Gasteiger partial charge in [0.2, 0.25) is 0 Å². The molecule has 0 aliphatic rings. The molecular formula is C15H15IN2. The lowest BCUT2D eigenvalue weighted by atomic mass is 10.2. The number of benzene rings is 2. The molecule has 18 heavy (non-hydrogen) atoms. The minimum Gasteiger partial charge on any atom is -0.343 e. The first kappa shape index (κ1) is 13.1. The summed E-state index contributed by atoms with van der Waals surface area (Å²) >= 11 is 2.31. The topological polar surface area (TPSA) is 24.4 Å². The second-order valence-electron chi connectivity index (χ2n) is 4.09.